The number of aromatic hydroxyl groups is 1. The Kier molecular flexibility index (Phi) is 1.15. The molecule has 0 fully saturated rings. The topological polar surface area (TPSA) is 33.4 Å². The van der Waals surface area contributed by atoms with E-state index >= 15 is 0 Å². The standard InChI is InChI=1S/C9H8O2/c1-6-2-3-7-5-11-9(10)8(7)4-6/h2-5,10H,1H3. The Balaban J connectivity index is 2.87. The van der Waals surface area contributed by atoms with Crippen LogP contribution in [-0.2, 0) is 0 Å². The van der Waals surface area contributed by atoms with Gasteiger partial charge in [0.2, 0.25) is 0 Å². The molecule has 2 aromatic rings. The fourth-order valence-electron chi connectivity index (χ4n) is 1.14. The van der Waals surface area contributed by atoms with Gasteiger partial charge < -0.3 is 9.52 Å². The van der Waals surface area contributed by atoms with E-state index in [1.165, 1.54) is 0 Å². The lowest BCUT2D eigenvalue weighted by molar-refractivity contribution is 0.338. The first-order valence-corrected chi connectivity index (χ1v) is 3.44. The van der Waals surface area contributed by atoms with Crippen molar-refractivity contribution in [3.05, 3.63) is 30.0 Å². The van der Waals surface area contributed by atoms with E-state index in [9.17, 15) is 0 Å². The van der Waals surface area contributed by atoms with Gasteiger partial charge in [0.25, 0.3) is 5.95 Å². The van der Waals surface area contributed by atoms with Crippen LogP contribution in [0.5, 0.6) is 5.95 Å². The third kappa shape index (κ3) is 0.871. The summed E-state index contributed by atoms with van der Waals surface area (Å²) in [7, 11) is 0. The van der Waals surface area contributed by atoms with Gasteiger partial charge in [-0.25, -0.2) is 0 Å². The molecular formula is C9H8O2. The molecule has 1 heterocycles. The molecule has 0 amide bonds. The Morgan fingerprint density at radius 1 is 1.36 bits per heavy atom. The number of aryl methyl sites for hydroxylation is 1. The molecule has 0 atom stereocenters. The van der Waals surface area contributed by atoms with Gasteiger partial charge in [-0.1, -0.05) is 17.7 Å². The molecular weight excluding hydrogens is 140 g/mol. The van der Waals surface area contributed by atoms with Crippen LogP contribution in [0.1, 0.15) is 5.56 Å². The quantitative estimate of drug-likeness (QED) is 0.622. The summed E-state index contributed by atoms with van der Waals surface area (Å²) in [5, 5.41) is 10.9. The molecule has 0 saturated heterocycles. The maximum atomic E-state index is 9.17. The van der Waals surface area contributed by atoms with E-state index in [-0.39, 0.29) is 5.95 Å². The summed E-state index contributed by atoms with van der Waals surface area (Å²) in [5.74, 6) is 0.00343. The second kappa shape index (κ2) is 2.02. The zero-order valence-corrected chi connectivity index (χ0v) is 6.16. The maximum absolute atomic E-state index is 9.17. The van der Waals surface area contributed by atoms with Crippen LogP contribution >= 0.6 is 0 Å². The minimum Gasteiger partial charge on any atom is -0.480 e. The van der Waals surface area contributed by atoms with E-state index in [0.29, 0.717) is 0 Å². The minimum atomic E-state index is 0.00343. The number of hydrogen-bond acceptors (Lipinski definition) is 2. The lowest BCUT2D eigenvalue weighted by Crippen LogP contribution is -1.69. The molecule has 0 bridgehead atoms. The van der Waals surface area contributed by atoms with Gasteiger partial charge in [-0.05, 0) is 13.0 Å². The van der Waals surface area contributed by atoms with Crippen molar-refractivity contribution in [2.24, 2.45) is 0 Å². The second-order valence-electron chi connectivity index (χ2n) is 2.63. The molecule has 1 aromatic carbocycles. The van der Waals surface area contributed by atoms with Crippen LogP contribution in [0.4, 0.5) is 0 Å². The maximum Gasteiger partial charge on any atom is 0.289 e. The summed E-state index contributed by atoms with van der Waals surface area (Å²) in [5.41, 5.74) is 1.12. The molecule has 2 heteroatoms. The van der Waals surface area contributed by atoms with E-state index in [2.05, 4.69) is 0 Å². The van der Waals surface area contributed by atoms with Gasteiger partial charge in [0, 0.05) is 5.39 Å². The highest BCUT2D eigenvalue weighted by molar-refractivity contribution is 5.86. The summed E-state index contributed by atoms with van der Waals surface area (Å²) < 4.78 is 4.83. The first kappa shape index (κ1) is 6.28. The number of furan rings is 1. The van der Waals surface area contributed by atoms with Crippen molar-refractivity contribution in [2.45, 2.75) is 6.92 Å². The van der Waals surface area contributed by atoms with Crippen LogP contribution in [0.25, 0.3) is 10.8 Å². The number of benzene rings is 1. The molecule has 2 rings (SSSR count). The van der Waals surface area contributed by atoms with Gasteiger partial charge in [-0.15, -0.1) is 0 Å². The molecule has 0 saturated carbocycles. The highest BCUT2D eigenvalue weighted by Crippen LogP contribution is 2.26. The van der Waals surface area contributed by atoms with Crippen LogP contribution in [-0.4, -0.2) is 5.11 Å². The molecule has 1 aromatic heterocycles. The smallest absolute Gasteiger partial charge is 0.289 e. The highest BCUT2D eigenvalue weighted by atomic mass is 16.5. The van der Waals surface area contributed by atoms with E-state index < -0.39 is 0 Å². The average Bonchev–Trinajstić information content (AvgIpc) is 2.33. The Labute approximate surface area is 64.1 Å². The van der Waals surface area contributed by atoms with Gasteiger partial charge >= 0.3 is 0 Å². The second-order valence-corrected chi connectivity index (χ2v) is 2.63. The Hall–Kier alpha value is -1.44. The van der Waals surface area contributed by atoms with Gasteiger partial charge in [-0.2, -0.15) is 0 Å². The molecule has 56 valence electrons. The van der Waals surface area contributed by atoms with Crippen molar-refractivity contribution in [1.82, 2.24) is 0 Å². The van der Waals surface area contributed by atoms with Crippen molar-refractivity contribution in [3.8, 4) is 5.95 Å². The van der Waals surface area contributed by atoms with E-state index in [1.54, 1.807) is 6.26 Å². The van der Waals surface area contributed by atoms with Gasteiger partial charge in [0.05, 0.1) is 5.39 Å². The average molecular weight is 148 g/mol. The molecule has 2 nitrogen and oxygen atoms in total. The Bertz CT molecular complexity index is 387. The molecule has 0 spiro atoms. The largest absolute Gasteiger partial charge is 0.480 e. The fraction of sp³-hybridized carbons (Fsp3) is 0.111. The lowest BCUT2D eigenvalue weighted by atomic mass is 10.1. The van der Waals surface area contributed by atoms with Gasteiger partial charge in [0.15, 0.2) is 0 Å². The van der Waals surface area contributed by atoms with Crippen molar-refractivity contribution in [2.75, 3.05) is 0 Å². The SMILES string of the molecule is Cc1ccc2coc(O)c2c1. The Morgan fingerprint density at radius 2 is 2.18 bits per heavy atom. The highest BCUT2D eigenvalue weighted by Gasteiger charge is 2.02. The molecule has 1 N–H and O–H groups in total. The summed E-state index contributed by atoms with van der Waals surface area (Å²) >= 11 is 0. The van der Waals surface area contributed by atoms with E-state index in [4.69, 9.17) is 9.52 Å². The summed E-state index contributed by atoms with van der Waals surface area (Å²) in [6.07, 6.45) is 1.55. The van der Waals surface area contributed by atoms with Crippen LogP contribution in [0.15, 0.2) is 28.9 Å². The first-order valence-electron chi connectivity index (χ1n) is 3.44. The predicted octanol–water partition coefficient (Wildman–Crippen LogP) is 2.45. The zero-order chi connectivity index (χ0) is 7.84. The van der Waals surface area contributed by atoms with Crippen LogP contribution in [0.2, 0.25) is 0 Å². The van der Waals surface area contributed by atoms with Gasteiger partial charge in [0.1, 0.15) is 6.26 Å². The molecule has 0 radical (unpaired) electrons. The van der Waals surface area contributed by atoms with Crippen LogP contribution in [0.3, 0.4) is 0 Å². The van der Waals surface area contributed by atoms with Crippen molar-refractivity contribution >= 4 is 10.8 Å². The third-order valence-electron chi connectivity index (χ3n) is 1.74. The van der Waals surface area contributed by atoms with E-state index in [0.717, 1.165) is 16.3 Å². The zero-order valence-electron chi connectivity index (χ0n) is 6.16. The monoisotopic (exact) mass is 148 g/mol. The van der Waals surface area contributed by atoms with Crippen molar-refractivity contribution < 1.29 is 9.52 Å². The van der Waals surface area contributed by atoms with E-state index in [1.807, 2.05) is 25.1 Å². The lowest BCUT2D eigenvalue weighted by Gasteiger charge is -1.90. The van der Waals surface area contributed by atoms with Crippen molar-refractivity contribution in [3.63, 3.8) is 0 Å². The summed E-state index contributed by atoms with van der Waals surface area (Å²) in [4.78, 5) is 0. The predicted molar refractivity (Wildman–Crippen MR) is 42.6 cm³/mol. The number of fused-ring (bicyclic) bond motifs is 1. The van der Waals surface area contributed by atoms with Crippen LogP contribution < -0.4 is 0 Å². The molecule has 0 aliphatic rings. The summed E-state index contributed by atoms with van der Waals surface area (Å²) in [6, 6.07) is 5.80. The number of rotatable bonds is 0. The van der Waals surface area contributed by atoms with Crippen LogP contribution in [0, 0.1) is 6.92 Å². The van der Waals surface area contributed by atoms with Gasteiger partial charge in [-0.3, -0.25) is 0 Å². The Morgan fingerprint density at radius 3 is 3.00 bits per heavy atom. The molecule has 0 unspecified atom stereocenters. The fourth-order valence-corrected chi connectivity index (χ4v) is 1.14. The number of hydrogen-bond donors (Lipinski definition) is 1. The molecule has 0 aliphatic carbocycles. The first-order chi connectivity index (χ1) is 5.27. The van der Waals surface area contributed by atoms with Crippen molar-refractivity contribution in [1.29, 1.82) is 0 Å². The molecule has 11 heavy (non-hydrogen) atoms. The minimum absolute atomic E-state index is 0.00343. The summed E-state index contributed by atoms with van der Waals surface area (Å²) in [6.45, 7) is 1.98. The molecule has 0 aliphatic heterocycles. The third-order valence-corrected chi connectivity index (χ3v) is 1.74. The normalized spacial score (nSPS) is 10.6.